The van der Waals surface area contributed by atoms with Crippen LogP contribution >= 0.6 is 27.5 Å². The Balaban J connectivity index is 1.49. The highest BCUT2D eigenvalue weighted by molar-refractivity contribution is 9.10. The molecule has 0 radical (unpaired) electrons. The lowest BCUT2D eigenvalue weighted by atomic mass is 10.1. The summed E-state index contributed by atoms with van der Waals surface area (Å²) in [5, 5.41) is 0.418. The van der Waals surface area contributed by atoms with Crippen LogP contribution in [-0.2, 0) is 19.1 Å². The van der Waals surface area contributed by atoms with Crippen LogP contribution in [0, 0.1) is 5.92 Å². The fourth-order valence-corrected chi connectivity index (χ4v) is 3.49. The number of methoxy groups -OCH3 is 1. The van der Waals surface area contributed by atoms with Gasteiger partial charge in [-0.05, 0) is 42.5 Å². The molecule has 1 aliphatic rings. The number of carbonyl (C=O) groups excluding carboxylic acids is 4. The van der Waals surface area contributed by atoms with Gasteiger partial charge in [0.15, 0.2) is 6.61 Å². The van der Waals surface area contributed by atoms with E-state index in [0.717, 1.165) is 4.47 Å². The van der Waals surface area contributed by atoms with Gasteiger partial charge in [0.05, 0.1) is 18.7 Å². The number of ether oxygens (including phenoxy) is 2. The van der Waals surface area contributed by atoms with E-state index in [9.17, 15) is 19.2 Å². The van der Waals surface area contributed by atoms with Crippen LogP contribution in [0.2, 0.25) is 5.02 Å². The predicted octanol–water partition coefficient (Wildman–Crippen LogP) is 2.47. The maximum absolute atomic E-state index is 12.4. The number of hydrazine groups is 1. The van der Waals surface area contributed by atoms with E-state index < -0.39 is 30.3 Å². The Morgan fingerprint density at radius 3 is 2.56 bits per heavy atom. The first-order valence-corrected chi connectivity index (χ1v) is 10.6. The average molecular weight is 525 g/mol. The minimum atomic E-state index is -0.753. The maximum atomic E-state index is 12.4. The largest absolute Gasteiger partial charge is 0.495 e. The molecule has 2 N–H and O–H groups in total. The number of nitrogens with zero attached hydrogens (tertiary/aromatic N) is 1. The van der Waals surface area contributed by atoms with E-state index >= 15 is 0 Å². The van der Waals surface area contributed by atoms with E-state index in [0.29, 0.717) is 22.0 Å². The second-order valence-electron chi connectivity index (χ2n) is 6.84. The molecular formula is C21H19BrClN3O6. The molecule has 0 bridgehead atoms. The Kier molecular flexibility index (Phi) is 7.70. The topological polar surface area (TPSA) is 114 Å². The molecule has 1 heterocycles. The zero-order valence-corrected chi connectivity index (χ0v) is 19.2. The molecule has 0 aliphatic carbocycles. The number of nitrogens with one attached hydrogen (secondary N) is 2. The summed E-state index contributed by atoms with van der Waals surface area (Å²) in [5.41, 5.74) is 5.19. The molecule has 1 atom stereocenters. The SMILES string of the molecule is COc1ccc(Cl)cc1N1C[C@H](C(=O)OCC(=O)NNC(=O)c2ccc(Br)cc2)CC1=O. The van der Waals surface area contributed by atoms with Crippen LogP contribution in [0.4, 0.5) is 5.69 Å². The van der Waals surface area contributed by atoms with Gasteiger partial charge in [0, 0.05) is 28.0 Å². The minimum absolute atomic E-state index is 0.0658. The van der Waals surface area contributed by atoms with Gasteiger partial charge in [-0.25, -0.2) is 0 Å². The smallest absolute Gasteiger partial charge is 0.311 e. The summed E-state index contributed by atoms with van der Waals surface area (Å²) in [6.07, 6.45) is -0.0730. The number of hydrogen-bond donors (Lipinski definition) is 2. The Labute approximate surface area is 197 Å². The Morgan fingerprint density at radius 2 is 1.88 bits per heavy atom. The first kappa shape index (κ1) is 23.6. The van der Waals surface area contributed by atoms with Gasteiger partial charge in [-0.15, -0.1) is 0 Å². The number of hydrogen-bond acceptors (Lipinski definition) is 6. The molecule has 11 heteroatoms. The number of halogens is 2. The van der Waals surface area contributed by atoms with Gasteiger partial charge in [0.2, 0.25) is 5.91 Å². The van der Waals surface area contributed by atoms with Crippen LogP contribution in [0.15, 0.2) is 46.9 Å². The van der Waals surface area contributed by atoms with Crippen molar-refractivity contribution in [2.75, 3.05) is 25.2 Å². The maximum Gasteiger partial charge on any atom is 0.311 e. The van der Waals surface area contributed by atoms with Crippen LogP contribution in [0.25, 0.3) is 0 Å². The second kappa shape index (κ2) is 10.5. The highest BCUT2D eigenvalue weighted by Crippen LogP contribution is 2.35. The standard InChI is InChI=1S/C21H19BrClN3O6/c1-31-17-7-6-15(23)9-16(17)26-10-13(8-19(26)28)21(30)32-11-18(27)24-25-20(29)12-2-4-14(22)5-3-12/h2-7,9,13H,8,10-11H2,1H3,(H,24,27)(H,25,29)/t13-/m1/s1. The van der Waals surface area contributed by atoms with Crippen molar-refractivity contribution < 1.29 is 28.7 Å². The quantitative estimate of drug-likeness (QED) is 0.443. The summed E-state index contributed by atoms with van der Waals surface area (Å²) >= 11 is 9.28. The number of anilines is 1. The van der Waals surface area contributed by atoms with Crippen LogP contribution in [0.3, 0.4) is 0 Å². The number of amides is 3. The Bertz CT molecular complexity index is 1050. The van der Waals surface area contributed by atoms with Crippen molar-refractivity contribution in [3.8, 4) is 5.75 Å². The summed E-state index contributed by atoms with van der Waals surface area (Å²) in [6.45, 7) is -0.541. The lowest BCUT2D eigenvalue weighted by molar-refractivity contribution is -0.152. The van der Waals surface area contributed by atoms with Crippen molar-refractivity contribution in [2.45, 2.75) is 6.42 Å². The average Bonchev–Trinajstić information content (AvgIpc) is 3.17. The minimum Gasteiger partial charge on any atom is -0.495 e. The van der Waals surface area contributed by atoms with Gasteiger partial charge in [-0.1, -0.05) is 27.5 Å². The lowest BCUT2D eigenvalue weighted by Crippen LogP contribution is -2.43. The molecular weight excluding hydrogens is 506 g/mol. The zero-order chi connectivity index (χ0) is 23.3. The molecule has 2 aromatic carbocycles. The Hall–Kier alpha value is -3.11. The molecule has 3 rings (SSSR count). The van der Waals surface area contributed by atoms with E-state index in [1.54, 1.807) is 42.5 Å². The van der Waals surface area contributed by atoms with E-state index in [-0.39, 0.29) is 18.9 Å². The normalized spacial score (nSPS) is 15.3. The third-order valence-corrected chi connectivity index (χ3v) is 5.42. The highest BCUT2D eigenvalue weighted by atomic mass is 79.9. The number of benzene rings is 2. The first-order valence-electron chi connectivity index (χ1n) is 9.43. The number of esters is 1. The summed E-state index contributed by atoms with van der Waals surface area (Å²) in [6, 6.07) is 11.3. The molecule has 0 saturated carbocycles. The summed E-state index contributed by atoms with van der Waals surface area (Å²) in [7, 11) is 1.47. The van der Waals surface area contributed by atoms with Gasteiger partial charge < -0.3 is 14.4 Å². The van der Waals surface area contributed by atoms with Crippen LogP contribution in [0.5, 0.6) is 5.75 Å². The lowest BCUT2D eigenvalue weighted by Gasteiger charge is -2.19. The van der Waals surface area contributed by atoms with Crippen molar-refractivity contribution in [3.63, 3.8) is 0 Å². The van der Waals surface area contributed by atoms with Crippen molar-refractivity contribution in [2.24, 2.45) is 5.92 Å². The summed E-state index contributed by atoms with van der Waals surface area (Å²) < 4.78 is 11.1. The second-order valence-corrected chi connectivity index (χ2v) is 8.19. The van der Waals surface area contributed by atoms with Gasteiger partial charge in [0.25, 0.3) is 11.8 Å². The molecule has 3 amide bonds. The van der Waals surface area contributed by atoms with E-state index in [1.165, 1.54) is 12.0 Å². The molecule has 0 unspecified atom stereocenters. The van der Waals surface area contributed by atoms with Crippen molar-refractivity contribution in [3.05, 3.63) is 57.5 Å². The van der Waals surface area contributed by atoms with Gasteiger partial charge in [-0.2, -0.15) is 0 Å². The van der Waals surface area contributed by atoms with Crippen molar-refractivity contribution in [1.82, 2.24) is 10.9 Å². The van der Waals surface area contributed by atoms with Crippen molar-refractivity contribution >= 4 is 56.9 Å². The summed E-state index contributed by atoms with van der Waals surface area (Å²) in [4.78, 5) is 50.1. The van der Waals surface area contributed by atoms with Gasteiger partial charge >= 0.3 is 5.97 Å². The fraction of sp³-hybridized carbons (Fsp3) is 0.238. The fourth-order valence-electron chi connectivity index (χ4n) is 3.06. The number of carbonyl (C=O) groups is 4. The Morgan fingerprint density at radius 1 is 1.16 bits per heavy atom. The monoisotopic (exact) mass is 523 g/mol. The zero-order valence-electron chi connectivity index (χ0n) is 16.9. The van der Waals surface area contributed by atoms with Crippen molar-refractivity contribution in [1.29, 1.82) is 0 Å². The van der Waals surface area contributed by atoms with Crippen LogP contribution in [0.1, 0.15) is 16.8 Å². The molecule has 168 valence electrons. The summed E-state index contributed by atoms with van der Waals surface area (Å²) in [5.74, 6) is -2.55. The molecule has 32 heavy (non-hydrogen) atoms. The highest BCUT2D eigenvalue weighted by Gasteiger charge is 2.37. The van der Waals surface area contributed by atoms with E-state index in [4.69, 9.17) is 21.1 Å². The van der Waals surface area contributed by atoms with Crippen LogP contribution < -0.4 is 20.5 Å². The van der Waals surface area contributed by atoms with Gasteiger partial charge in [-0.3, -0.25) is 30.0 Å². The van der Waals surface area contributed by atoms with E-state index in [2.05, 4.69) is 26.8 Å². The van der Waals surface area contributed by atoms with E-state index in [1.807, 2.05) is 0 Å². The predicted molar refractivity (Wildman–Crippen MR) is 119 cm³/mol. The van der Waals surface area contributed by atoms with Crippen LogP contribution in [-0.4, -0.2) is 44.0 Å². The molecule has 1 aliphatic heterocycles. The third-order valence-electron chi connectivity index (χ3n) is 4.66. The first-order chi connectivity index (χ1) is 15.3. The molecule has 9 nitrogen and oxygen atoms in total. The molecule has 0 spiro atoms. The molecule has 0 aromatic heterocycles. The molecule has 1 saturated heterocycles. The van der Waals surface area contributed by atoms with Gasteiger partial charge in [0.1, 0.15) is 5.75 Å². The number of rotatable bonds is 6. The third kappa shape index (κ3) is 5.77. The molecule has 1 fully saturated rings. The molecule has 2 aromatic rings.